The minimum atomic E-state index is -0.686. The van der Waals surface area contributed by atoms with E-state index in [2.05, 4.69) is 0 Å². The van der Waals surface area contributed by atoms with E-state index in [1.807, 2.05) is 0 Å². The first-order valence-electron chi connectivity index (χ1n) is 5.83. The van der Waals surface area contributed by atoms with Gasteiger partial charge in [0.25, 0.3) is 0 Å². The molecule has 0 radical (unpaired) electrons. The first kappa shape index (κ1) is 14.3. The van der Waals surface area contributed by atoms with Crippen molar-refractivity contribution in [3.63, 3.8) is 0 Å². The van der Waals surface area contributed by atoms with Gasteiger partial charge in [-0.25, -0.2) is 19.6 Å². The van der Waals surface area contributed by atoms with E-state index in [0.29, 0.717) is 0 Å². The summed E-state index contributed by atoms with van der Waals surface area (Å²) >= 11 is 0. The second-order valence-corrected chi connectivity index (χ2v) is 3.50. The maximum atomic E-state index is 11.8. The Balaban J connectivity index is 2.88. The molecule has 0 spiro atoms. The van der Waals surface area contributed by atoms with Crippen molar-refractivity contribution in [2.24, 2.45) is 0 Å². The number of hydrogen-bond donors (Lipinski definition) is 1. The molecule has 7 heteroatoms. The molecule has 0 fully saturated rings. The highest BCUT2D eigenvalue weighted by molar-refractivity contribution is 5.75. The number of carbonyl (C=O) groups is 2. The molecule has 0 bridgehead atoms. The summed E-state index contributed by atoms with van der Waals surface area (Å²) in [5.74, 6) is 0. The van der Waals surface area contributed by atoms with Crippen molar-refractivity contribution >= 4 is 12.2 Å². The lowest BCUT2D eigenvalue weighted by Gasteiger charge is -2.38. The van der Waals surface area contributed by atoms with Crippen molar-refractivity contribution in [3.8, 4) is 0 Å². The number of aliphatic hydroxyl groups is 1. The number of hydrazine groups is 1. The number of rotatable bonds is 3. The smallest absolute Gasteiger partial charge is 0.429 e. The molecule has 1 unspecified atom stereocenters. The van der Waals surface area contributed by atoms with E-state index in [4.69, 9.17) is 9.47 Å². The van der Waals surface area contributed by atoms with Crippen molar-refractivity contribution in [2.45, 2.75) is 19.9 Å². The van der Waals surface area contributed by atoms with Crippen molar-refractivity contribution in [3.05, 3.63) is 12.2 Å². The minimum Gasteiger partial charge on any atom is -0.448 e. The van der Waals surface area contributed by atoms with Crippen molar-refractivity contribution in [2.75, 3.05) is 26.4 Å². The molecule has 18 heavy (non-hydrogen) atoms. The third-order valence-electron chi connectivity index (χ3n) is 2.33. The number of aliphatic hydroxyl groups excluding tert-OH is 1. The van der Waals surface area contributed by atoms with Gasteiger partial charge in [-0.15, -0.1) is 0 Å². The van der Waals surface area contributed by atoms with E-state index in [1.165, 1.54) is 0 Å². The lowest BCUT2D eigenvalue weighted by molar-refractivity contribution is -0.0428. The monoisotopic (exact) mass is 258 g/mol. The summed E-state index contributed by atoms with van der Waals surface area (Å²) < 4.78 is 9.72. The van der Waals surface area contributed by atoms with Gasteiger partial charge in [0, 0.05) is 0 Å². The van der Waals surface area contributed by atoms with Crippen LogP contribution in [-0.4, -0.2) is 59.7 Å². The van der Waals surface area contributed by atoms with Crippen LogP contribution in [-0.2, 0) is 9.47 Å². The summed E-state index contributed by atoms with van der Waals surface area (Å²) in [6, 6.07) is -0.623. The Hall–Kier alpha value is -1.76. The van der Waals surface area contributed by atoms with Gasteiger partial charge in [0.05, 0.1) is 32.4 Å². The first-order chi connectivity index (χ1) is 8.65. The number of carbonyl (C=O) groups excluding carboxylic acids is 2. The predicted octanol–water partition coefficient (Wildman–Crippen LogP) is 0.749. The number of amides is 2. The molecule has 102 valence electrons. The first-order valence-corrected chi connectivity index (χ1v) is 5.83. The molecular formula is C11H18N2O5. The van der Waals surface area contributed by atoms with Gasteiger partial charge in [0.1, 0.15) is 0 Å². The predicted molar refractivity (Wildman–Crippen MR) is 62.6 cm³/mol. The lowest BCUT2D eigenvalue weighted by Crippen LogP contribution is -2.57. The van der Waals surface area contributed by atoms with Crippen LogP contribution in [0.4, 0.5) is 9.59 Å². The van der Waals surface area contributed by atoms with Crippen LogP contribution in [0.1, 0.15) is 13.8 Å². The third-order valence-corrected chi connectivity index (χ3v) is 2.33. The van der Waals surface area contributed by atoms with Gasteiger partial charge in [0.15, 0.2) is 0 Å². The molecule has 1 aliphatic rings. The fourth-order valence-electron chi connectivity index (χ4n) is 1.59. The van der Waals surface area contributed by atoms with E-state index in [0.717, 1.165) is 10.0 Å². The number of hydrogen-bond acceptors (Lipinski definition) is 5. The molecule has 1 atom stereocenters. The molecule has 0 aromatic carbocycles. The molecule has 0 aromatic heterocycles. The van der Waals surface area contributed by atoms with E-state index < -0.39 is 18.2 Å². The maximum absolute atomic E-state index is 11.8. The largest absolute Gasteiger partial charge is 0.448 e. The van der Waals surface area contributed by atoms with Gasteiger partial charge in [-0.3, -0.25) is 0 Å². The standard InChI is InChI=1S/C11H18N2O5/c1-3-17-10(15)12-7-5-6-9(8-14)13(12)11(16)18-4-2/h5-6,9,14H,3-4,7-8H2,1-2H3. The molecule has 1 aliphatic heterocycles. The van der Waals surface area contributed by atoms with Crippen LogP contribution < -0.4 is 0 Å². The zero-order chi connectivity index (χ0) is 13.5. The fourth-order valence-corrected chi connectivity index (χ4v) is 1.59. The number of ether oxygens (including phenoxy) is 2. The van der Waals surface area contributed by atoms with Gasteiger partial charge in [-0.1, -0.05) is 12.2 Å². The Morgan fingerprint density at radius 2 is 1.89 bits per heavy atom. The molecule has 0 aliphatic carbocycles. The minimum absolute atomic E-state index is 0.188. The summed E-state index contributed by atoms with van der Waals surface area (Å²) in [4.78, 5) is 23.5. The number of nitrogens with zero attached hydrogens (tertiary/aromatic N) is 2. The highest BCUT2D eigenvalue weighted by Gasteiger charge is 2.34. The van der Waals surface area contributed by atoms with Gasteiger partial charge in [0.2, 0.25) is 0 Å². The van der Waals surface area contributed by atoms with Crippen molar-refractivity contribution in [1.82, 2.24) is 10.0 Å². The van der Waals surface area contributed by atoms with Crippen LogP contribution in [0.15, 0.2) is 12.2 Å². The highest BCUT2D eigenvalue weighted by Crippen LogP contribution is 2.15. The topological polar surface area (TPSA) is 79.3 Å². The van der Waals surface area contributed by atoms with Gasteiger partial charge < -0.3 is 14.6 Å². The summed E-state index contributed by atoms with van der Waals surface area (Å²) in [6.07, 6.45) is 2.00. The Kier molecular flexibility index (Phi) is 5.44. The Labute approximate surface area is 106 Å². The van der Waals surface area contributed by atoms with E-state index in [1.54, 1.807) is 26.0 Å². The van der Waals surface area contributed by atoms with Crippen LogP contribution in [0.3, 0.4) is 0 Å². The van der Waals surface area contributed by atoms with Gasteiger partial charge in [-0.2, -0.15) is 0 Å². The average molecular weight is 258 g/mol. The zero-order valence-electron chi connectivity index (χ0n) is 10.5. The molecule has 0 aromatic rings. The van der Waals surface area contributed by atoms with Gasteiger partial charge >= 0.3 is 12.2 Å². The van der Waals surface area contributed by atoms with Gasteiger partial charge in [-0.05, 0) is 13.8 Å². The highest BCUT2D eigenvalue weighted by atomic mass is 16.6. The van der Waals surface area contributed by atoms with Crippen LogP contribution >= 0.6 is 0 Å². The summed E-state index contributed by atoms with van der Waals surface area (Å²) in [5.41, 5.74) is 0. The van der Waals surface area contributed by atoms with Crippen LogP contribution in [0, 0.1) is 0 Å². The Morgan fingerprint density at radius 1 is 1.28 bits per heavy atom. The molecule has 0 saturated heterocycles. The van der Waals surface area contributed by atoms with Crippen molar-refractivity contribution in [1.29, 1.82) is 0 Å². The SMILES string of the molecule is CCOC(=O)N1CC=CC(CO)N1C(=O)OCC. The molecule has 7 nitrogen and oxygen atoms in total. The molecular weight excluding hydrogens is 240 g/mol. The fraction of sp³-hybridized carbons (Fsp3) is 0.636. The van der Waals surface area contributed by atoms with E-state index in [9.17, 15) is 14.7 Å². The second-order valence-electron chi connectivity index (χ2n) is 3.50. The molecule has 1 heterocycles. The average Bonchev–Trinajstić information content (AvgIpc) is 2.38. The summed E-state index contributed by atoms with van der Waals surface area (Å²) in [6.45, 7) is 3.64. The summed E-state index contributed by atoms with van der Waals surface area (Å²) in [5, 5.41) is 11.4. The van der Waals surface area contributed by atoms with E-state index >= 15 is 0 Å². The third kappa shape index (κ3) is 3.13. The molecule has 1 rings (SSSR count). The van der Waals surface area contributed by atoms with E-state index in [-0.39, 0.29) is 26.4 Å². The normalized spacial score (nSPS) is 18.7. The maximum Gasteiger partial charge on any atom is 0.429 e. The lowest BCUT2D eigenvalue weighted by atomic mass is 10.2. The molecule has 1 N–H and O–H groups in total. The Morgan fingerprint density at radius 3 is 2.44 bits per heavy atom. The van der Waals surface area contributed by atoms with Crippen molar-refractivity contribution < 1.29 is 24.2 Å². The summed E-state index contributed by atoms with van der Waals surface area (Å²) in [7, 11) is 0. The second kappa shape index (κ2) is 6.85. The van der Waals surface area contributed by atoms with Crippen LogP contribution in [0.2, 0.25) is 0 Å². The molecule has 0 saturated carbocycles. The quantitative estimate of drug-likeness (QED) is 0.756. The zero-order valence-corrected chi connectivity index (χ0v) is 10.5. The molecule has 2 amide bonds. The van der Waals surface area contributed by atoms with Crippen LogP contribution in [0.25, 0.3) is 0 Å². The Bertz CT molecular complexity index is 331. The van der Waals surface area contributed by atoms with Crippen LogP contribution in [0.5, 0.6) is 0 Å².